The molecule has 1 atom stereocenters. The van der Waals surface area contributed by atoms with E-state index in [9.17, 15) is 9.18 Å². The second-order valence-electron chi connectivity index (χ2n) is 6.24. The van der Waals surface area contributed by atoms with Crippen LogP contribution in [-0.4, -0.2) is 30.4 Å². The Labute approximate surface area is 146 Å². The average molecular weight is 346 g/mol. The molecule has 3 rings (SSSR count). The Kier molecular flexibility index (Phi) is 5.99. The molecule has 1 saturated heterocycles. The number of carbonyl (C=O) groups excluding carboxylic acids is 1. The van der Waals surface area contributed by atoms with Crippen LogP contribution in [0.1, 0.15) is 47.6 Å². The minimum atomic E-state index is -0.385. The molecule has 2 aromatic rings. The summed E-state index contributed by atoms with van der Waals surface area (Å²) in [4.78, 5) is 14.8. The van der Waals surface area contributed by atoms with E-state index < -0.39 is 0 Å². The molecule has 1 aliphatic rings. The first-order chi connectivity index (χ1) is 11.7. The van der Waals surface area contributed by atoms with Gasteiger partial charge in [0.25, 0.3) is 5.91 Å². The minimum Gasteiger partial charge on any atom is -0.350 e. The summed E-state index contributed by atoms with van der Waals surface area (Å²) in [6.07, 6.45) is 4.97. The molecule has 1 fully saturated rings. The number of nitrogens with zero attached hydrogens (tertiary/aromatic N) is 1. The van der Waals surface area contributed by atoms with Gasteiger partial charge in [0.15, 0.2) is 0 Å². The van der Waals surface area contributed by atoms with Crippen molar-refractivity contribution in [2.24, 2.45) is 0 Å². The topological polar surface area (TPSA) is 32.3 Å². The third kappa shape index (κ3) is 4.42. The summed E-state index contributed by atoms with van der Waals surface area (Å²) in [5.74, 6) is -0.603. The highest BCUT2D eigenvalue weighted by atomic mass is 32.1. The van der Waals surface area contributed by atoms with E-state index in [1.54, 1.807) is 23.5 Å². The van der Waals surface area contributed by atoms with Crippen LogP contribution < -0.4 is 5.32 Å². The van der Waals surface area contributed by atoms with Gasteiger partial charge in [-0.3, -0.25) is 9.69 Å². The molecule has 0 aliphatic carbocycles. The quantitative estimate of drug-likeness (QED) is 0.878. The van der Waals surface area contributed by atoms with Crippen LogP contribution in [-0.2, 0) is 0 Å². The van der Waals surface area contributed by atoms with Crippen LogP contribution in [0.25, 0.3) is 0 Å². The van der Waals surface area contributed by atoms with Crippen molar-refractivity contribution in [1.29, 1.82) is 0 Å². The highest BCUT2D eigenvalue weighted by molar-refractivity contribution is 7.07. The standard InChI is InChI=1S/C19H23FN2OS/c20-17-7-5-6-15(12-17)19(23)21-13-18(16-8-11-24-14-16)22-9-3-1-2-4-10-22/h5-8,11-12,14,18H,1-4,9-10,13H2,(H,21,23)/t18-/m1/s1. The van der Waals surface area contributed by atoms with Gasteiger partial charge in [-0.05, 0) is 66.5 Å². The van der Waals surface area contributed by atoms with Crippen molar-refractivity contribution in [3.63, 3.8) is 0 Å². The van der Waals surface area contributed by atoms with Crippen molar-refractivity contribution in [2.45, 2.75) is 31.7 Å². The number of carbonyl (C=O) groups is 1. The van der Waals surface area contributed by atoms with E-state index in [-0.39, 0.29) is 17.8 Å². The first-order valence-electron chi connectivity index (χ1n) is 8.54. The molecule has 1 aliphatic heterocycles. The molecule has 128 valence electrons. The molecule has 1 aromatic heterocycles. The molecule has 0 unspecified atom stereocenters. The molecular formula is C19H23FN2OS. The van der Waals surface area contributed by atoms with Crippen LogP contribution in [0.4, 0.5) is 4.39 Å². The number of benzene rings is 1. The SMILES string of the molecule is O=C(NC[C@H](c1ccsc1)N1CCCCCC1)c1cccc(F)c1. The van der Waals surface area contributed by atoms with E-state index in [1.807, 2.05) is 0 Å². The van der Waals surface area contributed by atoms with E-state index in [1.165, 1.54) is 43.4 Å². The molecule has 2 heterocycles. The highest BCUT2D eigenvalue weighted by Crippen LogP contribution is 2.25. The molecule has 0 bridgehead atoms. The summed E-state index contributed by atoms with van der Waals surface area (Å²) in [6.45, 7) is 2.68. The van der Waals surface area contributed by atoms with Crippen LogP contribution in [0.2, 0.25) is 0 Å². The number of hydrogen-bond donors (Lipinski definition) is 1. The van der Waals surface area contributed by atoms with Crippen molar-refractivity contribution < 1.29 is 9.18 Å². The highest BCUT2D eigenvalue weighted by Gasteiger charge is 2.22. The summed E-state index contributed by atoms with van der Waals surface area (Å²) in [6, 6.07) is 8.16. The van der Waals surface area contributed by atoms with Crippen molar-refractivity contribution in [3.05, 3.63) is 58.0 Å². The van der Waals surface area contributed by atoms with Crippen LogP contribution >= 0.6 is 11.3 Å². The van der Waals surface area contributed by atoms with E-state index in [4.69, 9.17) is 0 Å². The number of hydrogen-bond acceptors (Lipinski definition) is 3. The maximum Gasteiger partial charge on any atom is 0.251 e. The zero-order valence-electron chi connectivity index (χ0n) is 13.7. The van der Waals surface area contributed by atoms with Crippen LogP contribution in [0.15, 0.2) is 41.1 Å². The second-order valence-corrected chi connectivity index (χ2v) is 7.02. The summed E-state index contributed by atoms with van der Waals surface area (Å²) in [7, 11) is 0. The Balaban J connectivity index is 1.69. The predicted octanol–water partition coefficient (Wildman–Crippen LogP) is 4.23. The minimum absolute atomic E-state index is 0.187. The van der Waals surface area contributed by atoms with Crippen molar-refractivity contribution in [3.8, 4) is 0 Å². The molecular weight excluding hydrogens is 323 g/mol. The Hall–Kier alpha value is -1.72. The van der Waals surface area contributed by atoms with Gasteiger partial charge in [-0.2, -0.15) is 11.3 Å². The number of rotatable bonds is 5. The van der Waals surface area contributed by atoms with Crippen molar-refractivity contribution in [1.82, 2.24) is 10.2 Å². The molecule has 0 saturated carbocycles. The number of thiophene rings is 1. The Morgan fingerprint density at radius 2 is 2.00 bits per heavy atom. The largest absolute Gasteiger partial charge is 0.350 e. The number of nitrogens with one attached hydrogen (secondary N) is 1. The maximum absolute atomic E-state index is 13.3. The summed E-state index contributed by atoms with van der Waals surface area (Å²) in [5.41, 5.74) is 1.62. The summed E-state index contributed by atoms with van der Waals surface area (Å²) >= 11 is 1.68. The first-order valence-corrected chi connectivity index (χ1v) is 9.48. The van der Waals surface area contributed by atoms with Gasteiger partial charge in [0.1, 0.15) is 5.82 Å². The average Bonchev–Trinajstić information content (AvgIpc) is 2.98. The molecule has 1 aromatic carbocycles. The maximum atomic E-state index is 13.3. The van der Waals surface area contributed by atoms with Gasteiger partial charge < -0.3 is 5.32 Å². The van der Waals surface area contributed by atoms with Gasteiger partial charge in [0.05, 0.1) is 6.04 Å². The Bertz CT molecular complexity index is 651. The van der Waals surface area contributed by atoms with Crippen molar-refractivity contribution >= 4 is 17.2 Å². The van der Waals surface area contributed by atoms with E-state index in [0.717, 1.165) is 13.1 Å². The number of amides is 1. The molecule has 0 spiro atoms. The molecule has 3 nitrogen and oxygen atoms in total. The molecule has 1 amide bonds. The van der Waals surface area contributed by atoms with Gasteiger partial charge in [0.2, 0.25) is 0 Å². The molecule has 1 N–H and O–H groups in total. The lowest BCUT2D eigenvalue weighted by atomic mass is 10.1. The Morgan fingerprint density at radius 3 is 2.67 bits per heavy atom. The normalized spacial score (nSPS) is 17.2. The molecule has 5 heteroatoms. The molecule has 24 heavy (non-hydrogen) atoms. The van der Waals surface area contributed by atoms with Gasteiger partial charge in [-0.25, -0.2) is 4.39 Å². The zero-order valence-corrected chi connectivity index (χ0v) is 14.5. The summed E-state index contributed by atoms with van der Waals surface area (Å²) < 4.78 is 13.3. The lowest BCUT2D eigenvalue weighted by Gasteiger charge is -2.30. The zero-order chi connectivity index (χ0) is 16.8. The van der Waals surface area contributed by atoms with E-state index in [2.05, 4.69) is 27.0 Å². The van der Waals surface area contributed by atoms with Gasteiger partial charge in [-0.15, -0.1) is 0 Å². The summed E-state index contributed by atoms with van der Waals surface area (Å²) in [5, 5.41) is 7.22. The van der Waals surface area contributed by atoms with Gasteiger partial charge in [0, 0.05) is 12.1 Å². The Morgan fingerprint density at radius 1 is 1.21 bits per heavy atom. The van der Waals surface area contributed by atoms with Crippen LogP contribution in [0.5, 0.6) is 0 Å². The monoisotopic (exact) mass is 346 g/mol. The number of halogens is 1. The fourth-order valence-electron chi connectivity index (χ4n) is 3.25. The van der Waals surface area contributed by atoms with Crippen molar-refractivity contribution in [2.75, 3.05) is 19.6 Å². The smallest absolute Gasteiger partial charge is 0.251 e. The fourth-order valence-corrected chi connectivity index (χ4v) is 3.96. The fraction of sp³-hybridized carbons (Fsp3) is 0.421. The van der Waals surface area contributed by atoms with Gasteiger partial charge >= 0.3 is 0 Å². The predicted molar refractivity (Wildman–Crippen MR) is 95.8 cm³/mol. The lowest BCUT2D eigenvalue weighted by molar-refractivity contribution is 0.0933. The van der Waals surface area contributed by atoms with Gasteiger partial charge in [-0.1, -0.05) is 18.9 Å². The van der Waals surface area contributed by atoms with Crippen LogP contribution in [0, 0.1) is 5.82 Å². The first kappa shape index (κ1) is 17.1. The second kappa shape index (κ2) is 8.40. The lowest BCUT2D eigenvalue weighted by Crippen LogP contribution is -2.38. The van der Waals surface area contributed by atoms with E-state index >= 15 is 0 Å². The number of likely N-dealkylation sites (tertiary alicyclic amines) is 1. The van der Waals surface area contributed by atoms with Crippen LogP contribution in [0.3, 0.4) is 0 Å². The molecule has 0 radical (unpaired) electrons. The third-order valence-corrected chi connectivity index (χ3v) is 5.25. The third-order valence-electron chi connectivity index (χ3n) is 4.55. The van der Waals surface area contributed by atoms with E-state index in [0.29, 0.717) is 12.1 Å².